The van der Waals surface area contributed by atoms with Crippen molar-refractivity contribution < 1.29 is 9.59 Å². The van der Waals surface area contributed by atoms with Gasteiger partial charge in [-0.05, 0) is 5.56 Å². The molecule has 0 spiro atoms. The zero-order valence-electron chi connectivity index (χ0n) is 12.5. The first-order valence-corrected chi connectivity index (χ1v) is 9.03. The minimum absolute atomic E-state index is 0.260. The van der Waals surface area contributed by atoms with Crippen LogP contribution in [0.3, 0.4) is 0 Å². The summed E-state index contributed by atoms with van der Waals surface area (Å²) in [7, 11) is 0. The fourth-order valence-electron chi connectivity index (χ4n) is 2.10. The van der Waals surface area contributed by atoms with Gasteiger partial charge in [-0.15, -0.1) is 22.7 Å². The van der Waals surface area contributed by atoms with Crippen LogP contribution in [0, 0.1) is 0 Å². The van der Waals surface area contributed by atoms with Gasteiger partial charge in [0.25, 0.3) is 11.8 Å². The number of carbonyl (C=O) groups is 2. The molecule has 3 aromatic rings. The van der Waals surface area contributed by atoms with Gasteiger partial charge < -0.3 is 10.6 Å². The van der Waals surface area contributed by atoms with Gasteiger partial charge in [0.1, 0.15) is 11.4 Å². The molecule has 0 fully saturated rings. The summed E-state index contributed by atoms with van der Waals surface area (Å²) in [5.74, 6) is -0.534. The number of amides is 2. The van der Waals surface area contributed by atoms with E-state index in [0.717, 1.165) is 5.56 Å². The maximum atomic E-state index is 12.3. The van der Waals surface area contributed by atoms with Crippen molar-refractivity contribution in [1.82, 2.24) is 20.6 Å². The zero-order chi connectivity index (χ0) is 16.8. The lowest BCUT2D eigenvalue weighted by Gasteiger charge is -2.19. The number of thiazole rings is 2. The van der Waals surface area contributed by atoms with Crippen LogP contribution >= 0.6 is 22.7 Å². The SMILES string of the molecule is O=C(NCC(NC(=O)c1cscn1)c1ccccc1)c1cscn1. The molecule has 1 unspecified atom stereocenters. The highest BCUT2D eigenvalue weighted by atomic mass is 32.1. The van der Waals surface area contributed by atoms with Gasteiger partial charge in [-0.3, -0.25) is 9.59 Å². The minimum Gasteiger partial charge on any atom is -0.348 e. The summed E-state index contributed by atoms with van der Waals surface area (Å²) in [5.41, 5.74) is 4.86. The first-order chi connectivity index (χ1) is 11.7. The molecule has 0 aliphatic heterocycles. The van der Waals surface area contributed by atoms with E-state index in [1.54, 1.807) is 21.8 Å². The van der Waals surface area contributed by atoms with Crippen molar-refractivity contribution in [2.45, 2.75) is 6.04 Å². The second-order valence-corrected chi connectivity index (χ2v) is 6.33. The third kappa shape index (κ3) is 4.03. The minimum atomic E-state index is -0.358. The second kappa shape index (κ2) is 7.80. The molecular weight excluding hydrogens is 344 g/mol. The van der Waals surface area contributed by atoms with E-state index < -0.39 is 0 Å². The highest BCUT2D eigenvalue weighted by molar-refractivity contribution is 7.08. The highest BCUT2D eigenvalue weighted by Gasteiger charge is 2.18. The lowest BCUT2D eigenvalue weighted by molar-refractivity contribution is 0.0904. The number of carbonyl (C=O) groups excluding carboxylic acids is 2. The number of hydrogen-bond acceptors (Lipinski definition) is 6. The maximum absolute atomic E-state index is 12.3. The Bertz CT molecular complexity index is 789. The van der Waals surface area contributed by atoms with Crippen LogP contribution in [0.2, 0.25) is 0 Å². The molecule has 3 rings (SSSR count). The number of hydrogen-bond donors (Lipinski definition) is 2. The first-order valence-electron chi connectivity index (χ1n) is 7.14. The predicted molar refractivity (Wildman–Crippen MR) is 93.2 cm³/mol. The van der Waals surface area contributed by atoms with E-state index in [9.17, 15) is 9.59 Å². The molecule has 1 aromatic carbocycles. The number of rotatable bonds is 6. The molecule has 0 aliphatic rings. The monoisotopic (exact) mass is 358 g/mol. The molecule has 6 nitrogen and oxygen atoms in total. The van der Waals surface area contributed by atoms with Crippen molar-refractivity contribution in [3.8, 4) is 0 Å². The summed E-state index contributed by atoms with van der Waals surface area (Å²) in [6.45, 7) is 0.260. The molecule has 0 saturated carbocycles. The van der Waals surface area contributed by atoms with Crippen molar-refractivity contribution in [3.63, 3.8) is 0 Å². The second-order valence-electron chi connectivity index (χ2n) is 4.89. The standard InChI is InChI=1S/C16H14N4O2S2/c21-15(13-7-23-9-18-13)17-6-12(11-4-2-1-3-5-11)20-16(22)14-8-24-10-19-14/h1-5,7-10,12H,6H2,(H,17,21)(H,20,22). The molecule has 2 amide bonds. The van der Waals surface area contributed by atoms with Crippen LogP contribution in [0.5, 0.6) is 0 Å². The van der Waals surface area contributed by atoms with Gasteiger partial charge in [-0.25, -0.2) is 9.97 Å². The van der Waals surface area contributed by atoms with Crippen molar-refractivity contribution in [2.24, 2.45) is 0 Å². The van der Waals surface area contributed by atoms with Gasteiger partial charge >= 0.3 is 0 Å². The largest absolute Gasteiger partial charge is 0.348 e. The molecule has 8 heteroatoms. The molecular formula is C16H14N4O2S2. The Kier molecular flexibility index (Phi) is 5.29. The molecule has 0 bridgehead atoms. The Balaban J connectivity index is 1.70. The van der Waals surface area contributed by atoms with E-state index in [4.69, 9.17) is 0 Å². The van der Waals surface area contributed by atoms with Gasteiger partial charge in [0.05, 0.1) is 17.1 Å². The van der Waals surface area contributed by atoms with E-state index in [1.165, 1.54) is 22.7 Å². The van der Waals surface area contributed by atoms with E-state index in [0.29, 0.717) is 11.4 Å². The molecule has 2 heterocycles. The average Bonchev–Trinajstić information content (AvgIpc) is 3.32. The van der Waals surface area contributed by atoms with Crippen molar-refractivity contribution in [1.29, 1.82) is 0 Å². The van der Waals surface area contributed by atoms with Crippen LogP contribution in [0.15, 0.2) is 52.1 Å². The highest BCUT2D eigenvalue weighted by Crippen LogP contribution is 2.13. The van der Waals surface area contributed by atoms with Gasteiger partial charge in [0.15, 0.2) is 0 Å². The fraction of sp³-hybridized carbons (Fsp3) is 0.125. The number of benzene rings is 1. The quantitative estimate of drug-likeness (QED) is 0.709. The van der Waals surface area contributed by atoms with Crippen LogP contribution < -0.4 is 10.6 Å². The molecule has 0 aliphatic carbocycles. The van der Waals surface area contributed by atoms with Crippen molar-refractivity contribution in [2.75, 3.05) is 6.54 Å². The Morgan fingerprint density at radius 1 is 0.958 bits per heavy atom. The Labute approximate surface area is 146 Å². The van der Waals surface area contributed by atoms with Gasteiger partial charge in [0, 0.05) is 17.3 Å². The molecule has 0 radical (unpaired) electrons. The van der Waals surface area contributed by atoms with Gasteiger partial charge in [-0.2, -0.15) is 0 Å². The van der Waals surface area contributed by atoms with Crippen LogP contribution in [-0.4, -0.2) is 28.3 Å². The maximum Gasteiger partial charge on any atom is 0.271 e. The molecule has 2 N–H and O–H groups in total. The predicted octanol–water partition coefficient (Wildman–Crippen LogP) is 2.50. The van der Waals surface area contributed by atoms with E-state index >= 15 is 0 Å². The third-order valence-electron chi connectivity index (χ3n) is 3.30. The van der Waals surface area contributed by atoms with E-state index in [-0.39, 0.29) is 24.4 Å². The normalized spacial score (nSPS) is 11.7. The number of nitrogens with one attached hydrogen (secondary N) is 2. The lowest BCUT2D eigenvalue weighted by atomic mass is 10.1. The van der Waals surface area contributed by atoms with Crippen molar-refractivity contribution >= 4 is 34.5 Å². The fourth-order valence-corrected chi connectivity index (χ4v) is 3.17. The topological polar surface area (TPSA) is 84.0 Å². The summed E-state index contributed by atoms with van der Waals surface area (Å²) < 4.78 is 0. The van der Waals surface area contributed by atoms with Crippen LogP contribution in [0.1, 0.15) is 32.6 Å². The van der Waals surface area contributed by atoms with E-state index in [2.05, 4.69) is 20.6 Å². The lowest BCUT2D eigenvalue weighted by Crippen LogP contribution is -2.38. The molecule has 122 valence electrons. The average molecular weight is 358 g/mol. The summed E-state index contributed by atoms with van der Waals surface area (Å²) in [6, 6.07) is 9.13. The summed E-state index contributed by atoms with van der Waals surface area (Å²) in [4.78, 5) is 32.3. The molecule has 2 aromatic heterocycles. The van der Waals surface area contributed by atoms with Gasteiger partial charge in [-0.1, -0.05) is 30.3 Å². The van der Waals surface area contributed by atoms with E-state index in [1.807, 2.05) is 30.3 Å². The molecule has 1 atom stereocenters. The Morgan fingerprint density at radius 3 is 2.17 bits per heavy atom. The third-order valence-corrected chi connectivity index (χ3v) is 4.48. The summed E-state index contributed by atoms with van der Waals surface area (Å²) in [5, 5.41) is 9.08. The van der Waals surface area contributed by atoms with Crippen LogP contribution in [-0.2, 0) is 0 Å². The number of nitrogens with zero attached hydrogens (tertiary/aromatic N) is 2. The van der Waals surface area contributed by atoms with Gasteiger partial charge in [0.2, 0.25) is 0 Å². The summed E-state index contributed by atoms with van der Waals surface area (Å²) >= 11 is 2.72. The van der Waals surface area contributed by atoms with Crippen LogP contribution in [0.25, 0.3) is 0 Å². The zero-order valence-corrected chi connectivity index (χ0v) is 14.1. The Hall–Kier alpha value is -2.58. The van der Waals surface area contributed by atoms with Crippen molar-refractivity contribution in [3.05, 3.63) is 69.1 Å². The van der Waals surface area contributed by atoms with Crippen LogP contribution in [0.4, 0.5) is 0 Å². The Morgan fingerprint density at radius 2 is 1.58 bits per heavy atom. The summed E-state index contributed by atoms with van der Waals surface area (Å²) in [6.07, 6.45) is 0. The smallest absolute Gasteiger partial charge is 0.271 e. The molecule has 24 heavy (non-hydrogen) atoms. The number of aromatic nitrogens is 2. The first kappa shape index (κ1) is 16.3. The molecule has 0 saturated heterocycles.